The van der Waals surface area contributed by atoms with Gasteiger partial charge in [0.15, 0.2) is 0 Å². The van der Waals surface area contributed by atoms with E-state index in [0.717, 1.165) is 18.4 Å². The van der Waals surface area contributed by atoms with Gasteiger partial charge in [-0.15, -0.1) is 0 Å². The number of rotatable bonds is 3. The predicted octanol–water partition coefficient (Wildman–Crippen LogP) is 4.19. The van der Waals surface area contributed by atoms with E-state index in [4.69, 9.17) is 4.74 Å². The number of ether oxygens (including phenoxy) is 1. The van der Waals surface area contributed by atoms with Gasteiger partial charge in [-0.2, -0.15) is 0 Å². The van der Waals surface area contributed by atoms with Gasteiger partial charge >= 0.3 is 0 Å². The lowest BCUT2D eigenvalue weighted by Crippen LogP contribution is -1.95. The second-order valence-corrected chi connectivity index (χ2v) is 4.28. The minimum absolute atomic E-state index is 0.202. The van der Waals surface area contributed by atoms with Gasteiger partial charge in [-0.25, -0.2) is 4.39 Å². The molecular formula is C14H17FO. The van der Waals surface area contributed by atoms with Crippen LogP contribution in [0, 0.1) is 5.82 Å². The zero-order valence-electron chi connectivity index (χ0n) is 9.42. The number of hydrogen-bond acceptors (Lipinski definition) is 1. The quantitative estimate of drug-likeness (QED) is 0.694. The van der Waals surface area contributed by atoms with Crippen LogP contribution in [0.3, 0.4) is 0 Å². The molecule has 0 aromatic heterocycles. The molecule has 0 aliphatic heterocycles. The molecule has 0 N–H and O–H groups in total. The molecule has 2 heteroatoms. The minimum Gasteiger partial charge on any atom is -0.497 e. The number of benzene rings is 1. The normalized spacial score (nSPS) is 15.9. The van der Waals surface area contributed by atoms with Crippen molar-refractivity contribution in [3.63, 3.8) is 0 Å². The fourth-order valence-corrected chi connectivity index (χ4v) is 2.01. The zero-order chi connectivity index (χ0) is 11.2. The maximum absolute atomic E-state index is 12.9. The van der Waals surface area contributed by atoms with Crippen molar-refractivity contribution in [1.82, 2.24) is 0 Å². The van der Waals surface area contributed by atoms with E-state index in [9.17, 15) is 4.39 Å². The fourth-order valence-electron chi connectivity index (χ4n) is 2.01. The maximum Gasteiger partial charge on any atom is 0.123 e. The highest BCUT2D eigenvalue weighted by Crippen LogP contribution is 2.22. The lowest BCUT2D eigenvalue weighted by molar-refractivity contribution is 0.230. The van der Waals surface area contributed by atoms with Gasteiger partial charge in [-0.05, 0) is 49.0 Å². The first-order chi connectivity index (χ1) is 7.84. The summed E-state index contributed by atoms with van der Waals surface area (Å²) in [5.41, 5.74) is 2.27. The zero-order valence-corrected chi connectivity index (χ0v) is 9.42. The second-order valence-electron chi connectivity index (χ2n) is 4.28. The fraction of sp³-hybridized carbons (Fsp3) is 0.429. The Labute approximate surface area is 95.9 Å². The third-order valence-corrected chi connectivity index (χ3v) is 2.88. The standard InChI is InChI=1S/C14H17FO/c15-14-8-4-7-13(9-14)11-16-10-12-5-2-1-3-6-12/h4,7-10H,1-3,5-6,11H2. The Hall–Kier alpha value is -1.31. The van der Waals surface area contributed by atoms with Gasteiger partial charge in [-0.1, -0.05) is 18.6 Å². The van der Waals surface area contributed by atoms with E-state index >= 15 is 0 Å². The largest absolute Gasteiger partial charge is 0.497 e. The van der Waals surface area contributed by atoms with Crippen LogP contribution in [0.1, 0.15) is 37.7 Å². The Kier molecular flexibility index (Phi) is 3.97. The highest BCUT2D eigenvalue weighted by molar-refractivity contribution is 5.15. The molecule has 0 heterocycles. The van der Waals surface area contributed by atoms with Gasteiger partial charge in [0.25, 0.3) is 0 Å². The molecule has 0 amide bonds. The summed E-state index contributed by atoms with van der Waals surface area (Å²) in [6, 6.07) is 6.55. The predicted molar refractivity (Wildman–Crippen MR) is 62.4 cm³/mol. The SMILES string of the molecule is Fc1cccc(COC=C2CCCCC2)c1. The van der Waals surface area contributed by atoms with E-state index in [1.807, 2.05) is 12.3 Å². The van der Waals surface area contributed by atoms with Crippen LogP contribution in [-0.2, 0) is 11.3 Å². The van der Waals surface area contributed by atoms with Crippen LogP contribution in [-0.4, -0.2) is 0 Å². The summed E-state index contributed by atoms with van der Waals surface area (Å²) < 4.78 is 18.4. The van der Waals surface area contributed by atoms with Crippen LogP contribution in [0.15, 0.2) is 36.1 Å². The Morgan fingerprint density at radius 1 is 1.19 bits per heavy atom. The summed E-state index contributed by atoms with van der Waals surface area (Å²) in [5.74, 6) is -0.202. The third kappa shape index (κ3) is 3.37. The number of allylic oxidation sites excluding steroid dienone is 1. The monoisotopic (exact) mass is 220 g/mol. The summed E-state index contributed by atoms with van der Waals surface area (Å²) in [6.07, 6.45) is 8.06. The highest BCUT2D eigenvalue weighted by atomic mass is 19.1. The third-order valence-electron chi connectivity index (χ3n) is 2.88. The van der Waals surface area contributed by atoms with Crippen molar-refractivity contribution in [3.05, 3.63) is 47.5 Å². The molecule has 1 aromatic rings. The molecule has 1 aliphatic carbocycles. The Bertz CT molecular complexity index is 363. The van der Waals surface area contributed by atoms with E-state index < -0.39 is 0 Å². The molecule has 0 bridgehead atoms. The van der Waals surface area contributed by atoms with Crippen LogP contribution in [0.5, 0.6) is 0 Å². The number of hydrogen-bond donors (Lipinski definition) is 0. The summed E-state index contributed by atoms with van der Waals surface area (Å²) in [6.45, 7) is 0.460. The Morgan fingerprint density at radius 3 is 2.75 bits per heavy atom. The molecule has 0 spiro atoms. The minimum atomic E-state index is -0.202. The van der Waals surface area contributed by atoms with E-state index in [1.54, 1.807) is 6.07 Å². The first-order valence-electron chi connectivity index (χ1n) is 5.88. The molecule has 1 aliphatic rings. The molecule has 1 aromatic carbocycles. The van der Waals surface area contributed by atoms with Gasteiger partial charge in [0.1, 0.15) is 12.4 Å². The molecule has 0 atom stereocenters. The van der Waals surface area contributed by atoms with E-state index in [-0.39, 0.29) is 5.82 Å². The highest BCUT2D eigenvalue weighted by Gasteiger charge is 2.05. The first-order valence-corrected chi connectivity index (χ1v) is 5.88. The van der Waals surface area contributed by atoms with Gasteiger partial charge in [-0.3, -0.25) is 0 Å². The molecule has 16 heavy (non-hydrogen) atoms. The lowest BCUT2D eigenvalue weighted by atomic mass is 9.96. The molecular weight excluding hydrogens is 203 g/mol. The van der Waals surface area contributed by atoms with Crippen molar-refractivity contribution < 1.29 is 9.13 Å². The van der Waals surface area contributed by atoms with Crippen molar-refractivity contribution >= 4 is 0 Å². The number of halogens is 1. The van der Waals surface area contributed by atoms with Gasteiger partial charge in [0.2, 0.25) is 0 Å². The maximum atomic E-state index is 12.9. The Balaban J connectivity index is 1.83. The van der Waals surface area contributed by atoms with Crippen molar-refractivity contribution in [3.8, 4) is 0 Å². The topological polar surface area (TPSA) is 9.23 Å². The van der Waals surface area contributed by atoms with Crippen LogP contribution in [0.25, 0.3) is 0 Å². The van der Waals surface area contributed by atoms with Crippen molar-refractivity contribution in [2.75, 3.05) is 0 Å². The van der Waals surface area contributed by atoms with Crippen molar-refractivity contribution in [2.45, 2.75) is 38.7 Å². The Morgan fingerprint density at radius 2 is 2.00 bits per heavy atom. The van der Waals surface area contributed by atoms with Gasteiger partial charge in [0, 0.05) is 0 Å². The summed E-state index contributed by atoms with van der Waals surface area (Å²) in [5, 5.41) is 0. The van der Waals surface area contributed by atoms with Crippen molar-refractivity contribution in [1.29, 1.82) is 0 Å². The van der Waals surface area contributed by atoms with E-state index in [0.29, 0.717) is 6.61 Å². The van der Waals surface area contributed by atoms with Gasteiger partial charge in [0.05, 0.1) is 6.26 Å². The van der Waals surface area contributed by atoms with Crippen LogP contribution >= 0.6 is 0 Å². The smallest absolute Gasteiger partial charge is 0.123 e. The summed E-state index contributed by atoms with van der Waals surface area (Å²) in [4.78, 5) is 0. The van der Waals surface area contributed by atoms with Gasteiger partial charge < -0.3 is 4.74 Å². The van der Waals surface area contributed by atoms with Crippen LogP contribution < -0.4 is 0 Å². The van der Waals surface area contributed by atoms with Crippen LogP contribution in [0.2, 0.25) is 0 Å². The van der Waals surface area contributed by atoms with E-state index in [1.165, 1.54) is 37.0 Å². The molecule has 1 fully saturated rings. The molecule has 0 unspecified atom stereocenters. The average molecular weight is 220 g/mol. The average Bonchev–Trinajstić information content (AvgIpc) is 2.30. The molecule has 0 saturated heterocycles. The summed E-state index contributed by atoms with van der Waals surface area (Å²) in [7, 11) is 0. The first kappa shape index (κ1) is 11.2. The summed E-state index contributed by atoms with van der Waals surface area (Å²) >= 11 is 0. The molecule has 2 rings (SSSR count). The van der Waals surface area contributed by atoms with Crippen LogP contribution in [0.4, 0.5) is 4.39 Å². The molecule has 0 radical (unpaired) electrons. The second kappa shape index (κ2) is 5.69. The molecule has 1 saturated carbocycles. The lowest BCUT2D eigenvalue weighted by Gasteiger charge is -2.13. The molecule has 1 nitrogen and oxygen atoms in total. The molecule has 86 valence electrons. The van der Waals surface area contributed by atoms with Crippen molar-refractivity contribution in [2.24, 2.45) is 0 Å². The van der Waals surface area contributed by atoms with E-state index in [2.05, 4.69) is 0 Å².